The van der Waals surface area contributed by atoms with E-state index in [2.05, 4.69) is 11.6 Å². The maximum atomic E-state index is 9.59. The largest absolute Gasteiger partial charge is 0.235 e. The van der Waals surface area contributed by atoms with Gasteiger partial charge in [0.05, 0.1) is 6.04 Å². The smallest absolute Gasteiger partial charge is 0.211 e. The third-order valence-corrected chi connectivity index (χ3v) is 0.909. The zero-order chi connectivity index (χ0) is 6.41. The molecule has 44 valence electrons. The Labute approximate surface area is 48.9 Å². The van der Waals surface area contributed by atoms with Gasteiger partial charge < -0.3 is 0 Å². The number of nitrogens with zero attached hydrogens (tertiary/aromatic N) is 1. The van der Waals surface area contributed by atoms with Crippen molar-refractivity contribution in [2.75, 3.05) is 0 Å². The van der Waals surface area contributed by atoms with Crippen LogP contribution in [0.3, 0.4) is 0 Å². The van der Waals surface area contributed by atoms with Gasteiger partial charge in [0.1, 0.15) is 0 Å². The first kappa shape index (κ1) is 7.12. The number of hydrogen-bond acceptors (Lipinski definition) is 2. The van der Waals surface area contributed by atoms with Gasteiger partial charge in [-0.05, 0) is 6.42 Å². The molecule has 2 heteroatoms. The van der Waals surface area contributed by atoms with E-state index in [4.69, 9.17) is 0 Å². The Bertz CT molecular complexity index is 114. The molecule has 0 saturated carbocycles. The molecule has 0 fully saturated rings. The van der Waals surface area contributed by atoms with Crippen molar-refractivity contribution in [2.45, 2.75) is 19.4 Å². The molecular weight excluding hydrogens is 102 g/mol. The highest BCUT2D eigenvalue weighted by Crippen LogP contribution is 1.94. The number of carbonyl (C=O) groups excluding carboxylic acids is 1. The molecule has 1 unspecified atom stereocenters. The molecule has 2 nitrogen and oxygen atoms in total. The van der Waals surface area contributed by atoms with Gasteiger partial charge >= 0.3 is 0 Å². The van der Waals surface area contributed by atoms with Crippen molar-refractivity contribution in [3.63, 3.8) is 0 Å². The zero-order valence-corrected chi connectivity index (χ0v) is 4.92. The normalized spacial score (nSPS) is 11.6. The Morgan fingerprint density at radius 3 is 2.75 bits per heavy atom. The first-order valence-corrected chi connectivity index (χ1v) is 2.54. The van der Waals surface area contributed by atoms with Crippen molar-refractivity contribution in [3.05, 3.63) is 12.7 Å². The van der Waals surface area contributed by atoms with Crippen molar-refractivity contribution in [3.8, 4) is 0 Å². The summed E-state index contributed by atoms with van der Waals surface area (Å²) >= 11 is 0. The van der Waals surface area contributed by atoms with E-state index in [1.54, 1.807) is 6.08 Å². The second kappa shape index (κ2) is 4.28. The van der Waals surface area contributed by atoms with Gasteiger partial charge in [-0.2, -0.15) is 4.99 Å². The average Bonchev–Trinajstić information content (AvgIpc) is 1.83. The van der Waals surface area contributed by atoms with E-state index >= 15 is 0 Å². The van der Waals surface area contributed by atoms with Crippen LogP contribution in [0.1, 0.15) is 13.3 Å². The Morgan fingerprint density at radius 1 is 2.00 bits per heavy atom. The minimum Gasteiger partial charge on any atom is -0.211 e. The summed E-state index contributed by atoms with van der Waals surface area (Å²) in [4.78, 5) is 13.0. The highest BCUT2D eigenvalue weighted by Gasteiger charge is 1.92. The van der Waals surface area contributed by atoms with Crippen LogP contribution in [0.25, 0.3) is 0 Å². The van der Waals surface area contributed by atoms with E-state index < -0.39 is 0 Å². The molecule has 0 rings (SSSR count). The molecule has 0 aromatic carbocycles. The Balaban J connectivity index is 3.69. The summed E-state index contributed by atoms with van der Waals surface area (Å²) in [5.74, 6) is 0. The maximum Gasteiger partial charge on any atom is 0.235 e. The highest BCUT2D eigenvalue weighted by molar-refractivity contribution is 5.34. The minimum absolute atomic E-state index is 0.0347. The second-order valence-corrected chi connectivity index (χ2v) is 1.43. The number of rotatable bonds is 3. The van der Waals surface area contributed by atoms with Crippen LogP contribution >= 0.6 is 0 Å². The lowest BCUT2D eigenvalue weighted by Gasteiger charge is -1.94. The summed E-state index contributed by atoms with van der Waals surface area (Å²) < 4.78 is 0. The molecule has 0 spiro atoms. The molecule has 0 amide bonds. The summed E-state index contributed by atoms with van der Waals surface area (Å²) in [5.41, 5.74) is 0. The summed E-state index contributed by atoms with van der Waals surface area (Å²) in [6.45, 7) is 5.42. The molecule has 0 aliphatic heterocycles. The topological polar surface area (TPSA) is 29.4 Å². The third kappa shape index (κ3) is 2.32. The fourth-order valence-electron chi connectivity index (χ4n) is 0.378. The van der Waals surface area contributed by atoms with E-state index in [1.165, 1.54) is 6.08 Å². The van der Waals surface area contributed by atoms with Crippen molar-refractivity contribution >= 4 is 6.08 Å². The molecule has 0 aliphatic carbocycles. The van der Waals surface area contributed by atoms with Crippen LogP contribution in [0.15, 0.2) is 17.6 Å². The van der Waals surface area contributed by atoms with Gasteiger partial charge in [0.25, 0.3) is 0 Å². The van der Waals surface area contributed by atoms with Crippen molar-refractivity contribution in [1.29, 1.82) is 0 Å². The third-order valence-electron chi connectivity index (χ3n) is 0.909. The van der Waals surface area contributed by atoms with Crippen LogP contribution in [-0.4, -0.2) is 12.1 Å². The maximum absolute atomic E-state index is 9.59. The van der Waals surface area contributed by atoms with Gasteiger partial charge in [-0.3, -0.25) is 0 Å². The quantitative estimate of drug-likeness (QED) is 0.306. The van der Waals surface area contributed by atoms with E-state index in [1.807, 2.05) is 6.92 Å². The second-order valence-electron chi connectivity index (χ2n) is 1.43. The van der Waals surface area contributed by atoms with Crippen molar-refractivity contribution in [2.24, 2.45) is 4.99 Å². The standard InChI is InChI=1S/C6H9NO/c1-3-6(4-2)7-5-8/h3,6H,1,4H2,2H3. The Kier molecular flexibility index (Phi) is 3.81. The fraction of sp³-hybridized carbons (Fsp3) is 0.500. The van der Waals surface area contributed by atoms with Gasteiger partial charge in [-0.25, -0.2) is 4.79 Å². The molecular formula is C6H9NO. The summed E-state index contributed by atoms with van der Waals surface area (Å²) in [7, 11) is 0. The molecule has 0 aliphatic rings. The number of isocyanates is 1. The Morgan fingerprint density at radius 2 is 2.62 bits per heavy atom. The summed E-state index contributed by atoms with van der Waals surface area (Å²) in [5, 5.41) is 0. The summed E-state index contributed by atoms with van der Waals surface area (Å²) in [6, 6.07) is -0.0347. The molecule has 0 radical (unpaired) electrons. The highest BCUT2D eigenvalue weighted by atomic mass is 16.1. The van der Waals surface area contributed by atoms with E-state index in [0.717, 1.165) is 6.42 Å². The van der Waals surface area contributed by atoms with Gasteiger partial charge in [-0.1, -0.05) is 13.0 Å². The molecule has 0 aromatic rings. The van der Waals surface area contributed by atoms with Gasteiger partial charge in [0.2, 0.25) is 6.08 Å². The number of hydrogen-bond donors (Lipinski definition) is 0. The molecule has 0 saturated heterocycles. The van der Waals surface area contributed by atoms with E-state index in [-0.39, 0.29) is 6.04 Å². The zero-order valence-electron chi connectivity index (χ0n) is 4.92. The lowest BCUT2D eigenvalue weighted by atomic mass is 10.2. The molecule has 8 heavy (non-hydrogen) atoms. The minimum atomic E-state index is -0.0347. The van der Waals surface area contributed by atoms with Gasteiger partial charge in [0.15, 0.2) is 0 Å². The first-order chi connectivity index (χ1) is 3.85. The van der Waals surface area contributed by atoms with Crippen LogP contribution in [0.5, 0.6) is 0 Å². The lowest BCUT2D eigenvalue weighted by molar-refractivity contribution is 0.560. The molecule has 0 heterocycles. The molecule has 1 atom stereocenters. The van der Waals surface area contributed by atoms with Crippen LogP contribution in [-0.2, 0) is 4.79 Å². The molecule has 0 bridgehead atoms. The Hall–Kier alpha value is -0.880. The van der Waals surface area contributed by atoms with E-state index in [0.29, 0.717) is 0 Å². The average molecular weight is 111 g/mol. The molecule has 0 aromatic heterocycles. The monoisotopic (exact) mass is 111 g/mol. The van der Waals surface area contributed by atoms with Gasteiger partial charge in [0, 0.05) is 0 Å². The van der Waals surface area contributed by atoms with Crippen molar-refractivity contribution in [1.82, 2.24) is 0 Å². The molecule has 0 N–H and O–H groups in total. The van der Waals surface area contributed by atoms with Crippen LogP contribution in [0.4, 0.5) is 0 Å². The lowest BCUT2D eigenvalue weighted by Crippen LogP contribution is -1.94. The summed E-state index contributed by atoms with van der Waals surface area (Å²) in [6.07, 6.45) is 3.92. The SMILES string of the molecule is C=CC(CC)N=C=O. The van der Waals surface area contributed by atoms with Crippen molar-refractivity contribution < 1.29 is 4.79 Å². The predicted molar refractivity (Wildman–Crippen MR) is 32.4 cm³/mol. The fourth-order valence-corrected chi connectivity index (χ4v) is 0.378. The number of aliphatic imine (C=N–C) groups is 1. The van der Waals surface area contributed by atoms with Crippen LogP contribution in [0.2, 0.25) is 0 Å². The van der Waals surface area contributed by atoms with Crippen LogP contribution in [0, 0.1) is 0 Å². The van der Waals surface area contributed by atoms with E-state index in [9.17, 15) is 4.79 Å². The van der Waals surface area contributed by atoms with Gasteiger partial charge in [-0.15, -0.1) is 6.58 Å². The first-order valence-electron chi connectivity index (χ1n) is 2.54. The predicted octanol–water partition coefficient (Wildman–Crippen LogP) is 1.29. The van der Waals surface area contributed by atoms with Crippen LogP contribution < -0.4 is 0 Å².